The van der Waals surface area contributed by atoms with Crippen molar-refractivity contribution >= 4 is 28.2 Å². The molecule has 0 bridgehead atoms. The van der Waals surface area contributed by atoms with Gasteiger partial charge in [0.1, 0.15) is 0 Å². The van der Waals surface area contributed by atoms with Crippen LogP contribution in [-0.2, 0) is 0 Å². The topological polar surface area (TPSA) is 38.9 Å². The average molecular weight is 214 g/mol. The smallest absolute Gasteiger partial charge is 0.181 e. The van der Waals surface area contributed by atoms with E-state index in [1.54, 1.807) is 11.3 Å². The number of nitrogens with two attached hydrogens (primary N) is 1. The van der Waals surface area contributed by atoms with Gasteiger partial charge in [-0.05, 0) is 19.8 Å². The second kappa shape index (κ2) is 3.88. The monoisotopic (exact) mass is 214 g/mol. The molecule has 1 heterocycles. The van der Waals surface area contributed by atoms with E-state index < -0.39 is 0 Å². The minimum absolute atomic E-state index is 0.706. The maximum absolute atomic E-state index is 5.65. The summed E-state index contributed by atoms with van der Waals surface area (Å²) < 4.78 is 1.32. The van der Waals surface area contributed by atoms with E-state index in [0.717, 1.165) is 10.9 Å². The molecule has 0 amide bonds. The highest BCUT2D eigenvalue weighted by molar-refractivity contribution is 8.01. The third-order valence-electron chi connectivity index (χ3n) is 2.35. The molecule has 1 aromatic rings. The summed E-state index contributed by atoms with van der Waals surface area (Å²) in [7, 11) is 0. The first kappa shape index (κ1) is 9.34. The second-order valence-corrected chi connectivity index (χ2v) is 6.05. The van der Waals surface area contributed by atoms with Gasteiger partial charge in [-0.1, -0.05) is 24.2 Å². The Labute approximate surface area is 86.9 Å². The lowest BCUT2D eigenvalue weighted by Gasteiger charge is -2.05. The molecular weight excluding hydrogens is 200 g/mol. The van der Waals surface area contributed by atoms with Crippen molar-refractivity contribution < 1.29 is 0 Å². The van der Waals surface area contributed by atoms with Gasteiger partial charge in [-0.15, -0.1) is 11.8 Å². The summed E-state index contributed by atoms with van der Waals surface area (Å²) in [4.78, 5) is 4.23. The Balaban J connectivity index is 2.03. The fourth-order valence-electron chi connectivity index (χ4n) is 1.67. The van der Waals surface area contributed by atoms with Crippen molar-refractivity contribution in [2.45, 2.75) is 42.1 Å². The molecule has 1 aliphatic carbocycles. The van der Waals surface area contributed by atoms with Crippen LogP contribution in [0.4, 0.5) is 5.13 Å². The maximum Gasteiger partial charge on any atom is 0.181 e. The Morgan fingerprint density at radius 3 is 2.69 bits per heavy atom. The summed E-state index contributed by atoms with van der Waals surface area (Å²) in [5.41, 5.74) is 6.76. The first-order valence-electron chi connectivity index (χ1n) is 4.65. The van der Waals surface area contributed by atoms with Crippen molar-refractivity contribution in [1.29, 1.82) is 0 Å². The summed E-state index contributed by atoms with van der Waals surface area (Å²) in [5, 5.41) is 1.52. The number of thiazole rings is 1. The molecule has 13 heavy (non-hydrogen) atoms. The average Bonchev–Trinajstić information content (AvgIpc) is 2.63. The molecule has 1 aromatic heterocycles. The molecule has 0 atom stereocenters. The molecule has 1 fully saturated rings. The number of aryl methyl sites for hydroxylation is 1. The van der Waals surface area contributed by atoms with Crippen LogP contribution >= 0.6 is 23.1 Å². The van der Waals surface area contributed by atoms with Crippen LogP contribution in [0.15, 0.2) is 4.21 Å². The normalized spacial score (nSPS) is 18.2. The predicted octanol–water partition coefficient (Wildman–Crippen LogP) is 3.07. The fourth-order valence-corrected chi connectivity index (χ4v) is 4.18. The van der Waals surface area contributed by atoms with Crippen LogP contribution in [0.3, 0.4) is 0 Å². The number of thioether (sulfide) groups is 1. The summed E-state index contributed by atoms with van der Waals surface area (Å²) in [6, 6.07) is 0. The first-order chi connectivity index (χ1) is 6.25. The molecule has 0 aliphatic heterocycles. The van der Waals surface area contributed by atoms with E-state index >= 15 is 0 Å². The van der Waals surface area contributed by atoms with Crippen LogP contribution in [0.5, 0.6) is 0 Å². The highest BCUT2D eigenvalue weighted by atomic mass is 32.2. The van der Waals surface area contributed by atoms with Crippen LogP contribution in [0.1, 0.15) is 31.4 Å². The Bertz CT molecular complexity index is 290. The van der Waals surface area contributed by atoms with Gasteiger partial charge in [0.25, 0.3) is 0 Å². The zero-order valence-electron chi connectivity index (χ0n) is 7.75. The molecule has 0 spiro atoms. The standard InChI is InChI=1S/C9H14N2S2/c1-6-8(13-9(10)11-6)12-7-4-2-3-5-7/h7H,2-5H2,1H3,(H2,10,11). The molecule has 72 valence electrons. The quantitative estimate of drug-likeness (QED) is 0.822. The Morgan fingerprint density at radius 1 is 1.46 bits per heavy atom. The molecule has 0 unspecified atom stereocenters. The van der Waals surface area contributed by atoms with Crippen molar-refractivity contribution in [3.05, 3.63) is 5.69 Å². The molecule has 1 saturated carbocycles. The number of nitrogens with zero attached hydrogens (tertiary/aromatic N) is 1. The minimum atomic E-state index is 0.706. The van der Waals surface area contributed by atoms with E-state index in [1.165, 1.54) is 29.9 Å². The number of hydrogen-bond acceptors (Lipinski definition) is 4. The number of anilines is 1. The molecule has 4 heteroatoms. The lowest BCUT2D eigenvalue weighted by molar-refractivity contribution is 0.886. The molecule has 2 rings (SSSR count). The van der Waals surface area contributed by atoms with Gasteiger partial charge < -0.3 is 5.73 Å². The highest BCUT2D eigenvalue weighted by Gasteiger charge is 2.18. The Morgan fingerprint density at radius 2 is 2.15 bits per heavy atom. The second-order valence-electron chi connectivity index (χ2n) is 3.45. The lowest BCUT2D eigenvalue weighted by atomic mass is 10.4. The minimum Gasteiger partial charge on any atom is -0.375 e. The number of nitrogen functional groups attached to an aromatic ring is 1. The number of aromatic nitrogens is 1. The van der Waals surface area contributed by atoms with Crippen molar-refractivity contribution in [3.8, 4) is 0 Å². The van der Waals surface area contributed by atoms with E-state index in [1.807, 2.05) is 18.7 Å². The van der Waals surface area contributed by atoms with Crippen LogP contribution in [-0.4, -0.2) is 10.2 Å². The van der Waals surface area contributed by atoms with Gasteiger partial charge >= 0.3 is 0 Å². The van der Waals surface area contributed by atoms with Gasteiger partial charge in [0, 0.05) is 5.25 Å². The highest BCUT2D eigenvalue weighted by Crippen LogP contribution is 2.39. The van der Waals surface area contributed by atoms with Gasteiger partial charge in [-0.25, -0.2) is 4.98 Å². The van der Waals surface area contributed by atoms with E-state index in [2.05, 4.69) is 4.98 Å². The van der Waals surface area contributed by atoms with E-state index in [-0.39, 0.29) is 0 Å². The predicted molar refractivity (Wildman–Crippen MR) is 59.4 cm³/mol. The summed E-state index contributed by atoms with van der Waals surface area (Å²) in [6.07, 6.45) is 5.51. The summed E-state index contributed by atoms with van der Waals surface area (Å²) in [6.45, 7) is 2.05. The number of rotatable bonds is 2. The van der Waals surface area contributed by atoms with Gasteiger partial charge in [0.15, 0.2) is 5.13 Å². The Hall–Kier alpha value is -0.220. The largest absolute Gasteiger partial charge is 0.375 e. The maximum atomic E-state index is 5.65. The van der Waals surface area contributed by atoms with Crippen molar-refractivity contribution in [2.24, 2.45) is 0 Å². The van der Waals surface area contributed by atoms with Crippen LogP contribution < -0.4 is 5.73 Å². The molecule has 2 N–H and O–H groups in total. The van der Waals surface area contributed by atoms with Crippen molar-refractivity contribution in [1.82, 2.24) is 4.98 Å². The third-order valence-corrected chi connectivity index (χ3v) is 4.98. The van der Waals surface area contributed by atoms with E-state index in [0.29, 0.717) is 5.13 Å². The van der Waals surface area contributed by atoms with Crippen molar-refractivity contribution in [3.63, 3.8) is 0 Å². The molecule has 0 radical (unpaired) electrons. The fraction of sp³-hybridized carbons (Fsp3) is 0.667. The molecule has 2 nitrogen and oxygen atoms in total. The third kappa shape index (κ3) is 2.17. The zero-order valence-corrected chi connectivity index (χ0v) is 9.38. The molecule has 1 aliphatic rings. The number of hydrogen-bond donors (Lipinski definition) is 1. The lowest BCUT2D eigenvalue weighted by Crippen LogP contribution is -1.92. The molecular formula is C9H14N2S2. The van der Waals surface area contributed by atoms with Gasteiger partial charge in [-0.3, -0.25) is 0 Å². The van der Waals surface area contributed by atoms with Gasteiger partial charge in [0.2, 0.25) is 0 Å². The van der Waals surface area contributed by atoms with Crippen molar-refractivity contribution in [2.75, 3.05) is 5.73 Å². The summed E-state index contributed by atoms with van der Waals surface area (Å²) >= 11 is 3.61. The molecule has 0 aromatic carbocycles. The van der Waals surface area contributed by atoms with E-state index in [4.69, 9.17) is 5.73 Å². The van der Waals surface area contributed by atoms with Gasteiger partial charge in [-0.2, -0.15) is 0 Å². The van der Waals surface area contributed by atoms with Crippen LogP contribution in [0.2, 0.25) is 0 Å². The Kier molecular flexibility index (Phi) is 2.79. The summed E-state index contributed by atoms with van der Waals surface area (Å²) in [5.74, 6) is 0. The zero-order chi connectivity index (χ0) is 9.26. The SMILES string of the molecule is Cc1nc(N)sc1SC1CCCC1. The first-order valence-corrected chi connectivity index (χ1v) is 6.35. The van der Waals surface area contributed by atoms with Crippen LogP contribution in [0, 0.1) is 6.92 Å². The van der Waals surface area contributed by atoms with E-state index in [9.17, 15) is 0 Å². The van der Waals surface area contributed by atoms with Crippen LogP contribution in [0.25, 0.3) is 0 Å². The van der Waals surface area contributed by atoms with Gasteiger partial charge in [0.05, 0.1) is 9.90 Å². The molecule has 0 saturated heterocycles.